The van der Waals surface area contributed by atoms with E-state index in [1.54, 1.807) is 11.1 Å². The molecule has 1 aliphatic heterocycles. The van der Waals surface area contributed by atoms with Gasteiger partial charge in [0.25, 0.3) is 0 Å². The van der Waals surface area contributed by atoms with Crippen molar-refractivity contribution < 1.29 is 4.79 Å². The minimum Gasteiger partial charge on any atom is -0.350 e. The third kappa shape index (κ3) is 2.92. The second-order valence-electron chi connectivity index (χ2n) is 7.12. The molecule has 0 spiro atoms. The van der Waals surface area contributed by atoms with E-state index in [2.05, 4.69) is 36.5 Å². The number of anilines is 1. The van der Waals surface area contributed by atoms with Crippen molar-refractivity contribution in [3.05, 3.63) is 42.9 Å². The summed E-state index contributed by atoms with van der Waals surface area (Å²) >= 11 is 0. The Morgan fingerprint density at radius 1 is 1.29 bits per heavy atom. The number of piperidine rings is 1. The van der Waals surface area contributed by atoms with Crippen molar-refractivity contribution in [3.63, 3.8) is 0 Å². The minimum absolute atomic E-state index is 0.163. The molecule has 0 unspecified atom stereocenters. The topological polar surface area (TPSA) is 99.7 Å². The van der Waals surface area contributed by atoms with Crippen molar-refractivity contribution in [2.24, 2.45) is 0 Å². The number of fused-ring (bicyclic) bond motifs is 2. The maximum Gasteiger partial charge on any atom is 0.224 e. The summed E-state index contributed by atoms with van der Waals surface area (Å²) in [5.41, 5.74) is 3.76. The van der Waals surface area contributed by atoms with E-state index >= 15 is 0 Å². The molecule has 0 saturated carbocycles. The molecule has 4 heterocycles. The van der Waals surface area contributed by atoms with Crippen molar-refractivity contribution in [1.82, 2.24) is 30.0 Å². The standard InChI is InChI=1S/C20H19N7O/c1-27-11-14(3-5-18(27)28)24-20-22-10-16-15(9-21-19(16)25-20)12-2-4-17-13(8-12)6-7-23-26-17/h2,4,6-10,14H,3,5,11H2,1H3,(H2,21,22,24,25)/t14-/m1/s1. The number of benzene rings is 1. The lowest BCUT2D eigenvalue weighted by atomic mass is 10.0. The molecule has 1 aliphatic rings. The number of hydrogen-bond acceptors (Lipinski definition) is 6. The van der Waals surface area contributed by atoms with E-state index in [9.17, 15) is 4.79 Å². The quantitative estimate of drug-likeness (QED) is 0.573. The Morgan fingerprint density at radius 2 is 2.21 bits per heavy atom. The second kappa shape index (κ2) is 6.56. The predicted molar refractivity (Wildman–Crippen MR) is 107 cm³/mol. The van der Waals surface area contributed by atoms with E-state index in [4.69, 9.17) is 0 Å². The Morgan fingerprint density at radius 3 is 3.11 bits per heavy atom. The highest BCUT2D eigenvalue weighted by atomic mass is 16.2. The third-order valence-corrected chi connectivity index (χ3v) is 5.22. The summed E-state index contributed by atoms with van der Waals surface area (Å²) < 4.78 is 0. The number of aromatic nitrogens is 5. The Labute approximate surface area is 161 Å². The van der Waals surface area contributed by atoms with Gasteiger partial charge in [0.05, 0.1) is 11.7 Å². The molecule has 2 N–H and O–H groups in total. The van der Waals surface area contributed by atoms with Crippen LogP contribution in [0, 0.1) is 0 Å². The number of nitrogens with one attached hydrogen (secondary N) is 2. The Kier molecular flexibility index (Phi) is 3.89. The third-order valence-electron chi connectivity index (χ3n) is 5.22. The van der Waals surface area contributed by atoms with Crippen LogP contribution in [0.5, 0.6) is 0 Å². The molecule has 1 fully saturated rings. The number of nitrogens with zero attached hydrogens (tertiary/aromatic N) is 5. The van der Waals surface area contributed by atoms with Gasteiger partial charge in [-0.3, -0.25) is 4.79 Å². The first-order chi connectivity index (χ1) is 13.7. The molecule has 5 rings (SSSR count). The molecule has 140 valence electrons. The number of rotatable bonds is 3. The van der Waals surface area contributed by atoms with Gasteiger partial charge in [0.15, 0.2) is 0 Å². The number of likely N-dealkylation sites (tertiary alicyclic amines) is 1. The summed E-state index contributed by atoms with van der Waals surface area (Å²) in [5.74, 6) is 0.757. The van der Waals surface area contributed by atoms with Crippen molar-refractivity contribution in [3.8, 4) is 11.1 Å². The van der Waals surface area contributed by atoms with Gasteiger partial charge < -0.3 is 15.2 Å². The lowest BCUT2D eigenvalue weighted by Gasteiger charge is -2.30. The predicted octanol–water partition coefficient (Wildman–Crippen LogP) is 2.60. The van der Waals surface area contributed by atoms with Gasteiger partial charge in [-0.25, -0.2) is 4.98 Å². The van der Waals surface area contributed by atoms with Crippen LogP contribution in [0.3, 0.4) is 0 Å². The number of aromatic amines is 1. The van der Waals surface area contributed by atoms with E-state index in [1.807, 2.05) is 37.6 Å². The van der Waals surface area contributed by atoms with Gasteiger partial charge in [-0.1, -0.05) is 6.07 Å². The zero-order valence-electron chi connectivity index (χ0n) is 15.4. The first-order valence-corrected chi connectivity index (χ1v) is 9.24. The average Bonchev–Trinajstić information content (AvgIpc) is 3.14. The second-order valence-corrected chi connectivity index (χ2v) is 7.12. The van der Waals surface area contributed by atoms with Gasteiger partial charge in [0.1, 0.15) is 5.65 Å². The van der Waals surface area contributed by atoms with Crippen LogP contribution < -0.4 is 5.32 Å². The summed E-state index contributed by atoms with van der Waals surface area (Å²) in [7, 11) is 1.83. The first-order valence-electron chi connectivity index (χ1n) is 9.24. The highest BCUT2D eigenvalue weighted by Gasteiger charge is 2.23. The fourth-order valence-electron chi connectivity index (χ4n) is 3.68. The lowest BCUT2D eigenvalue weighted by Crippen LogP contribution is -2.43. The molecule has 0 radical (unpaired) electrons. The number of likely N-dealkylation sites (N-methyl/N-ethyl adjacent to an activating group) is 1. The molecule has 8 nitrogen and oxygen atoms in total. The Hall–Kier alpha value is -3.55. The van der Waals surface area contributed by atoms with Gasteiger partial charge in [0.2, 0.25) is 11.9 Å². The molecule has 1 aromatic carbocycles. The molecule has 3 aromatic heterocycles. The largest absolute Gasteiger partial charge is 0.350 e. The molecular formula is C20H19N7O. The minimum atomic E-state index is 0.163. The van der Waals surface area contributed by atoms with Crippen LogP contribution in [-0.2, 0) is 4.79 Å². The Bertz CT molecular complexity index is 1190. The van der Waals surface area contributed by atoms with Crippen molar-refractivity contribution in [1.29, 1.82) is 0 Å². The zero-order chi connectivity index (χ0) is 19.1. The normalized spacial score (nSPS) is 17.4. The summed E-state index contributed by atoms with van der Waals surface area (Å²) in [5, 5.41) is 13.4. The van der Waals surface area contributed by atoms with Crippen LogP contribution in [0.1, 0.15) is 12.8 Å². The number of carbonyl (C=O) groups is 1. The SMILES string of the molecule is CN1C[C@H](Nc2ncc3c(-c4ccc5nnccc5c4)c[nH]c3n2)CCC1=O. The smallest absolute Gasteiger partial charge is 0.224 e. The van der Waals surface area contributed by atoms with Crippen molar-refractivity contribution in [2.75, 3.05) is 18.9 Å². The molecule has 1 atom stereocenters. The molecule has 4 aromatic rings. The monoisotopic (exact) mass is 373 g/mol. The zero-order valence-corrected chi connectivity index (χ0v) is 15.4. The van der Waals surface area contributed by atoms with E-state index in [1.165, 1.54) is 0 Å². The van der Waals surface area contributed by atoms with Gasteiger partial charge in [-0.2, -0.15) is 15.2 Å². The van der Waals surface area contributed by atoms with Crippen LogP contribution in [0.2, 0.25) is 0 Å². The van der Waals surface area contributed by atoms with Crippen LogP contribution in [0.4, 0.5) is 5.95 Å². The first kappa shape index (κ1) is 16.6. The number of amides is 1. The van der Waals surface area contributed by atoms with Gasteiger partial charge >= 0.3 is 0 Å². The molecule has 0 aliphatic carbocycles. The molecular weight excluding hydrogens is 354 g/mol. The van der Waals surface area contributed by atoms with Crippen LogP contribution in [0.15, 0.2) is 42.9 Å². The highest BCUT2D eigenvalue weighted by Crippen LogP contribution is 2.29. The van der Waals surface area contributed by atoms with E-state index in [0.29, 0.717) is 18.9 Å². The fourth-order valence-corrected chi connectivity index (χ4v) is 3.68. The maximum atomic E-state index is 11.6. The molecule has 0 bridgehead atoms. The van der Waals surface area contributed by atoms with E-state index < -0.39 is 0 Å². The van der Waals surface area contributed by atoms with Crippen LogP contribution >= 0.6 is 0 Å². The molecule has 8 heteroatoms. The summed E-state index contributed by atoms with van der Waals surface area (Å²) in [6.07, 6.45) is 6.82. The summed E-state index contributed by atoms with van der Waals surface area (Å²) in [6.45, 7) is 0.663. The Balaban J connectivity index is 1.43. The van der Waals surface area contributed by atoms with E-state index in [0.717, 1.165) is 39.5 Å². The van der Waals surface area contributed by atoms with Gasteiger partial charge in [-0.05, 0) is 30.2 Å². The summed E-state index contributed by atoms with van der Waals surface area (Å²) in [4.78, 5) is 25.7. The molecule has 1 amide bonds. The van der Waals surface area contributed by atoms with Gasteiger partial charge in [0, 0.05) is 54.8 Å². The van der Waals surface area contributed by atoms with Crippen molar-refractivity contribution >= 4 is 33.8 Å². The average molecular weight is 373 g/mol. The van der Waals surface area contributed by atoms with E-state index in [-0.39, 0.29) is 11.9 Å². The number of carbonyl (C=O) groups excluding carboxylic acids is 1. The van der Waals surface area contributed by atoms with Gasteiger partial charge in [-0.15, -0.1) is 0 Å². The van der Waals surface area contributed by atoms with Crippen LogP contribution in [-0.4, -0.2) is 55.6 Å². The lowest BCUT2D eigenvalue weighted by molar-refractivity contribution is -0.132. The molecule has 1 saturated heterocycles. The number of H-pyrrole nitrogens is 1. The fraction of sp³-hybridized carbons (Fsp3) is 0.250. The van der Waals surface area contributed by atoms with Crippen molar-refractivity contribution in [2.45, 2.75) is 18.9 Å². The van der Waals surface area contributed by atoms with Crippen LogP contribution in [0.25, 0.3) is 33.1 Å². The maximum absolute atomic E-state index is 11.6. The molecule has 28 heavy (non-hydrogen) atoms. The summed E-state index contributed by atoms with van der Waals surface area (Å²) in [6, 6.07) is 8.20. The highest BCUT2D eigenvalue weighted by molar-refractivity contribution is 5.96. The number of hydrogen-bond donors (Lipinski definition) is 2.